The van der Waals surface area contributed by atoms with Crippen LogP contribution in [0.1, 0.15) is 0 Å². The van der Waals surface area contributed by atoms with Crippen molar-refractivity contribution in [1.82, 2.24) is 9.97 Å². The van der Waals surface area contributed by atoms with Crippen molar-refractivity contribution in [3.05, 3.63) is 24.0 Å². The standard InChI is InChI=1S/C9H6F4N2O2S/c10-5-1-2-6-7(3-5)15-8(14-6)18(16,17)4-9(11,12)13/h1-3H,4H2,(H,14,15). The number of fused-ring (bicyclic) bond motifs is 1. The molecule has 0 unspecified atom stereocenters. The molecule has 0 radical (unpaired) electrons. The fraction of sp³-hybridized carbons (Fsp3) is 0.222. The summed E-state index contributed by atoms with van der Waals surface area (Å²) in [7, 11) is -4.61. The third-order valence-corrected chi connectivity index (χ3v) is 3.56. The van der Waals surface area contributed by atoms with Crippen LogP contribution in [-0.4, -0.2) is 30.3 Å². The first-order valence-electron chi connectivity index (χ1n) is 4.62. The van der Waals surface area contributed by atoms with Crippen LogP contribution >= 0.6 is 0 Å². The molecule has 1 aromatic heterocycles. The molecule has 2 aromatic rings. The zero-order chi connectivity index (χ0) is 13.6. The lowest BCUT2D eigenvalue weighted by molar-refractivity contribution is -0.106. The van der Waals surface area contributed by atoms with Crippen LogP contribution in [0, 0.1) is 5.82 Å². The predicted octanol–water partition coefficient (Wildman–Crippen LogP) is 2.04. The summed E-state index contributed by atoms with van der Waals surface area (Å²) in [6, 6.07) is 3.17. The predicted molar refractivity (Wildman–Crippen MR) is 54.2 cm³/mol. The number of hydrogen-bond acceptors (Lipinski definition) is 3. The van der Waals surface area contributed by atoms with Crippen molar-refractivity contribution in [1.29, 1.82) is 0 Å². The molecule has 0 amide bonds. The zero-order valence-electron chi connectivity index (χ0n) is 8.62. The molecule has 9 heteroatoms. The average Bonchev–Trinajstić information content (AvgIpc) is 2.57. The second kappa shape index (κ2) is 3.94. The van der Waals surface area contributed by atoms with Crippen LogP contribution in [0.15, 0.2) is 23.4 Å². The van der Waals surface area contributed by atoms with Crippen molar-refractivity contribution in [2.75, 3.05) is 5.75 Å². The molecule has 0 saturated heterocycles. The summed E-state index contributed by atoms with van der Waals surface area (Å²) in [5, 5.41) is -0.819. The fourth-order valence-corrected chi connectivity index (χ4v) is 2.46. The molecule has 0 spiro atoms. The Morgan fingerprint density at radius 2 is 1.94 bits per heavy atom. The number of nitrogens with one attached hydrogen (secondary N) is 1. The molecule has 0 aliphatic carbocycles. The maximum atomic E-state index is 12.8. The lowest BCUT2D eigenvalue weighted by Crippen LogP contribution is -2.23. The van der Waals surface area contributed by atoms with Gasteiger partial charge in [0.15, 0.2) is 5.75 Å². The van der Waals surface area contributed by atoms with Crippen molar-refractivity contribution in [2.45, 2.75) is 11.3 Å². The van der Waals surface area contributed by atoms with Gasteiger partial charge < -0.3 is 4.98 Å². The van der Waals surface area contributed by atoms with E-state index in [1.165, 1.54) is 6.07 Å². The third kappa shape index (κ3) is 2.61. The molecular formula is C9H6F4N2O2S. The number of benzene rings is 1. The molecule has 0 saturated carbocycles. The SMILES string of the molecule is O=S(=O)(CC(F)(F)F)c1nc2cc(F)ccc2[nH]1. The summed E-state index contributed by atoms with van der Waals surface area (Å²) in [6.07, 6.45) is -4.86. The lowest BCUT2D eigenvalue weighted by Gasteiger charge is -2.04. The van der Waals surface area contributed by atoms with Gasteiger partial charge in [0.05, 0.1) is 11.0 Å². The number of alkyl halides is 3. The normalized spacial score (nSPS) is 13.1. The number of sulfone groups is 1. The molecule has 1 aromatic carbocycles. The second-order valence-corrected chi connectivity index (χ2v) is 5.48. The Hall–Kier alpha value is -1.64. The van der Waals surface area contributed by atoms with Crippen LogP contribution < -0.4 is 0 Å². The maximum absolute atomic E-state index is 12.8. The smallest absolute Gasteiger partial charge is 0.329 e. The molecule has 1 heterocycles. The molecule has 2 rings (SSSR count). The Balaban J connectivity index is 2.48. The Bertz CT molecular complexity index is 690. The number of imidazole rings is 1. The van der Waals surface area contributed by atoms with Gasteiger partial charge in [-0.15, -0.1) is 0 Å². The van der Waals surface area contributed by atoms with Crippen molar-refractivity contribution in [3.63, 3.8) is 0 Å². The topological polar surface area (TPSA) is 62.8 Å². The summed E-state index contributed by atoms with van der Waals surface area (Å²) in [6.45, 7) is 0. The Kier molecular flexibility index (Phi) is 2.80. The number of aromatic nitrogens is 2. The number of H-pyrrole nitrogens is 1. The van der Waals surface area contributed by atoms with Crippen LogP contribution in [0.2, 0.25) is 0 Å². The molecule has 18 heavy (non-hydrogen) atoms. The first-order valence-corrected chi connectivity index (χ1v) is 6.27. The van der Waals surface area contributed by atoms with Gasteiger partial charge in [0.2, 0.25) is 15.0 Å². The van der Waals surface area contributed by atoms with E-state index in [-0.39, 0.29) is 11.0 Å². The van der Waals surface area contributed by atoms with Crippen LogP contribution in [0.4, 0.5) is 17.6 Å². The van der Waals surface area contributed by atoms with Gasteiger partial charge >= 0.3 is 6.18 Å². The minimum absolute atomic E-state index is 0.0456. The van der Waals surface area contributed by atoms with Crippen LogP contribution in [0.25, 0.3) is 11.0 Å². The molecular weight excluding hydrogens is 276 g/mol. The van der Waals surface area contributed by atoms with Gasteiger partial charge in [-0.1, -0.05) is 0 Å². The number of halogens is 4. The minimum atomic E-state index is -4.86. The third-order valence-electron chi connectivity index (χ3n) is 2.07. The number of hydrogen-bond donors (Lipinski definition) is 1. The van der Waals surface area contributed by atoms with Gasteiger partial charge in [-0.05, 0) is 12.1 Å². The molecule has 0 aliphatic rings. The van der Waals surface area contributed by atoms with Crippen LogP contribution in [0.5, 0.6) is 0 Å². The van der Waals surface area contributed by atoms with Crippen LogP contribution in [-0.2, 0) is 9.84 Å². The first kappa shape index (κ1) is 12.8. The number of aromatic amines is 1. The summed E-state index contributed by atoms with van der Waals surface area (Å²) in [5.41, 5.74) is 0.105. The van der Waals surface area contributed by atoms with Gasteiger partial charge in [-0.2, -0.15) is 13.2 Å². The highest BCUT2D eigenvalue weighted by Gasteiger charge is 2.37. The van der Waals surface area contributed by atoms with Gasteiger partial charge in [0.25, 0.3) is 0 Å². The molecule has 1 N–H and O–H groups in total. The van der Waals surface area contributed by atoms with E-state index in [2.05, 4.69) is 9.97 Å². The van der Waals surface area contributed by atoms with Gasteiger partial charge in [-0.25, -0.2) is 17.8 Å². The first-order chi connectivity index (χ1) is 8.17. The molecule has 0 bridgehead atoms. The molecule has 4 nitrogen and oxygen atoms in total. The van der Waals surface area contributed by atoms with E-state index in [1.54, 1.807) is 0 Å². The summed E-state index contributed by atoms with van der Waals surface area (Å²) in [5.74, 6) is -2.67. The van der Waals surface area contributed by atoms with Crippen LogP contribution in [0.3, 0.4) is 0 Å². The van der Waals surface area contributed by atoms with Gasteiger partial charge in [0.1, 0.15) is 5.82 Å². The molecule has 98 valence electrons. The van der Waals surface area contributed by atoms with E-state index in [0.717, 1.165) is 12.1 Å². The van der Waals surface area contributed by atoms with Crippen molar-refractivity contribution >= 4 is 20.9 Å². The van der Waals surface area contributed by atoms with Gasteiger partial charge in [0, 0.05) is 6.07 Å². The number of nitrogens with zero attached hydrogens (tertiary/aromatic N) is 1. The van der Waals surface area contributed by atoms with E-state index in [0.29, 0.717) is 0 Å². The average molecular weight is 282 g/mol. The zero-order valence-corrected chi connectivity index (χ0v) is 9.44. The minimum Gasteiger partial charge on any atom is -0.329 e. The van der Waals surface area contributed by atoms with E-state index < -0.39 is 32.7 Å². The Morgan fingerprint density at radius 1 is 1.28 bits per heavy atom. The summed E-state index contributed by atoms with van der Waals surface area (Å²) < 4.78 is 71.8. The fourth-order valence-electron chi connectivity index (χ4n) is 1.39. The van der Waals surface area contributed by atoms with Crippen molar-refractivity contribution in [2.24, 2.45) is 0 Å². The molecule has 0 fully saturated rings. The highest BCUT2D eigenvalue weighted by atomic mass is 32.2. The van der Waals surface area contributed by atoms with E-state index >= 15 is 0 Å². The number of rotatable bonds is 2. The summed E-state index contributed by atoms with van der Waals surface area (Å²) in [4.78, 5) is 5.67. The van der Waals surface area contributed by atoms with E-state index in [9.17, 15) is 26.0 Å². The monoisotopic (exact) mass is 282 g/mol. The Morgan fingerprint density at radius 3 is 2.56 bits per heavy atom. The maximum Gasteiger partial charge on any atom is 0.403 e. The van der Waals surface area contributed by atoms with E-state index in [1.807, 2.05) is 0 Å². The van der Waals surface area contributed by atoms with Gasteiger partial charge in [-0.3, -0.25) is 0 Å². The lowest BCUT2D eigenvalue weighted by atomic mass is 10.3. The van der Waals surface area contributed by atoms with E-state index in [4.69, 9.17) is 0 Å². The molecule has 0 aliphatic heterocycles. The summed E-state index contributed by atoms with van der Waals surface area (Å²) >= 11 is 0. The quantitative estimate of drug-likeness (QED) is 0.857. The van der Waals surface area contributed by atoms with Crippen molar-refractivity contribution in [3.8, 4) is 0 Å². The Labute approximate surface area is 98.6 Å². The highest BCUT2D eigenvalue weighted by molar-refractivity contribution is 7.91. The second-order valence-electron chi connectivity index (χ2n) is 3.58. The largest absolute Gasteiger partial charge is 0.403 e. The highest BCUT2D eigenvalue weighted by Crippen LogP contribution is 2.22. The van der Waals surface area contributed by atoms with Crippen molar-refractivity contribution < 1.29 is 26.0 Å². The molecule has 0 atom stereocenters.